The number of hydrogen-bond donors (Lipinski definition) is 3. The van der Waals surface area contributed by atoms with Crippen molar-refractivity contribution in [3.05, 3.63) is 107 Å². The van der Waals surface area contributed by atoms with Crippen LogP contribution in [0.25, 0.3) is 0 Å². The fourth-order valence-corrected chi connectivity index (χ4v) is 4.59. The fourth-order valence-electron chi connectivity index (χ4n) is 4.59. The van der Waals surface area contributed by atoms with E-state index in [9.17, 15) is 17.6 Å². The van der Waals surface area contributed by atoms with Crippen molar-refractivity contribution >= 4 is 17.8 Å². The summed E-state index contributed by atoms with van der Waals surface area (Å²) in [6.45, 7) is 5.10. The summed E-state index contributed by atoms with van der Waals surface area (Å²) in [6, 6.07) is 16.5. The maximum atomic E-state index is 13.3. The number of anilines is 1. The van der Waals surface area contributed by atoms with Crippen molar-refractivity contribution in [2.75, 3.05) is 18.6 Å². The number of likely N-dealkylation sites (N-methyl/N-ethyl adjacent to an activating group) is 1. The minimum absolute atomic E-state index is 0. The summed E-state index contributed by atoms with van der Waals surface area (Å²) < 4.78 is 54.7. The summed E-state index contributed by atoms with van der Waals surface area (Å²) in [5.74, 6) is -0.155. The van der Waals surface area contributed by atoms with E-state index < -0.39 is 17.6 Å². The second kappa shape index (κ2) is 12.9. The van der Waals surface area contributed by atoms with Gasteiger partial charge < -0.3 is 20.2 Å². The van der Waals surface area contributed by atoms with Gasteiger partial charge in [0, 0.05) is 51.9 Å². The van der Waals surface area contributed by atoms with E-state index >= 15 is 0 Å². The van der Waals surface area contributed by atoms with Gasteiger partial charge in [-0.3, -0.25) is 5.41 Å². The van der Waals surface area contributed by atoms with Crippen LogP contribution in [0, 0.1) is 16.6 Å². The summed E-state index contributed by atoms with van der Waals surface area (Å²) in [4.78, 5) is 2.24. The van der Waals surface area contributed by atoms with Gasteiger partial charge in [-0.2, -0.15) is 13.2 Å². The van der Waals surface area contributed by atoms with E-state index in [0.717, 1.165) is 59.9 Å². The van der Waals surface area contributed by atoms with Crippen LogP contribution in [0.5, 0.6) is 5.75 Å². The van der Waals surface area contributed by atoms with Gasteiger partial charge in [-0.05, 0) is 92.1 Å². The molecule has 209 valence electrons. The molecule has 0 fully saturated rings. The Hall–Kier alpha value is -3.63. The van der Waals surface area contributed by atoms with Crippen LogP contribution in [0.1, 0.15) is 36.1 Å². The molecule has 0 amide bonds. The molecule has 4 rings (SSSR count). The summed E-state index contributed by atoms with van der Waals surface area (Å²) in [5, 5.41) is 23.0. The van der Waals surface area contributed by atoms with Gasteiger partial charge in [0.1, 0.15) is 11.6 Å². The molecule has 1 atom stereocenters. The average molecular weight is 586 g/mol. The molecular weight excluding hydrogens is 557 g/mol. The summed E-state index contributed by atoms with van der Waals surface area (Å²) in [5.41, 5.74) is 3.41. The quantitative estimate of drug-likeness (QED) is 0.161. The molecule has 0 aliphatic carbocycles. The molecule has 3 aromatic carbocycles. The maximum Gasteiger partial charge on any atom is 0.416 e. The topological polar surface area (TPSA) is 80.4 Å². The Labute approximate surface area is 235 Å². The van der Waals surface area contributed by atoms with Crippen LogP contribution < -0.4 is 9.64 Å². The van der Waals surface area contributed by atoms with Gasteiger partial charge in [0.25, 0.3) is 0 Å². The standard InChI is InChI=1S/C21H23FN2O.C8H6F3NO.Co/c1-4-24-19-10-9-17(25-3)13-18(19)21(2,20(24)11-12-23)14-15-5-7-16(22)8-6-15;9-8(10,11)6-3-1-5(2-4-6)7(12)13;/h5-13,23H,4,14H2,1-3H3;1-4H,(H2,12,13);/b20-11-,23-12?;;. The number of alkyl halides is 3. The monoisotopic (exact) mass is 586 g/mol. The van der Waals surface area contributed by atoms with Crippen molar-refractivity contribution in [3.8, 4) is 5.75 Å². The Morgan fingerprint density at radius 3 is 2.15 bits per heavy atom. The minimum Gasteiger partial charge on any atom is -0.497 e. The normalized spacial score (nSPS) is 17.0. The van der Waals surface area contributed by atoms with Crippen LogP contribution in [0.3, 0.4) is 0 Å². The zero-order chi connectivity index (χ0) is 28.1. The number of allylic oxidation sites excluding steroid dienone is 2. The van der Waals surface area contributed by atoms with Crippen LogP contribution in [0.2, 0.25) is 0 Å². The number of ether oxygens (including phenoxy) is 1. The van der Waals surface area contributed by atoms with E-state index in [-0.39, 0.29) is 33.6 Å². The molecule has 0 saturated heterocycles. The van der Waals surface area contributed by atoms with Crippen molar-refractivity contribution in [2.24, 2.45) is 0 Å². The number of rotatable bonds is 6. The number of hydrogen-bond acceptors (Lipinski definition) is 4. The predicted molar refractivity (Wildman–Crippen MR) is 141 cm³/mol. The van der Waals surface area contributed by atoms with Crippen molar-refractivity contribution in [1.29, 1.82) is 10.8 Å². The Kier molecular flexibility index (Phi) is 10.5. The molecule has 0 bridgehead atoms. The number of aliphatic hydroxyl groups excluding tert-OH is 1. The zero-order valence-electron chi connectivity index (χ0n) is 21.6. The van der Waals surface area contributed by atoms with E-state index in [1.165, 1.54) is 23.9 Å². The molecule has 3 aromatic rings. The molecule has 1 radical (unpaired) electrons. The first kappa shape index (κ1) is 31.6. The molecule has 1 heterocycles. The number of methoxy groups -OCH3 is 1. The van der Waals surface area contributed by atoms with Crippen molar-refractivity contribution in [1.82, 2.24) is 0 Å². The molecule has 3 N–H and O–H groups in total. The van der Waals surface area contributed by atoms with Crippen molar-refractivity contribution < 1.29 is 44.2 Å². The van der Waals surface area contributed by atoms with Crippen LogP contribution in [0.4, 0.5) is 23.2 Å². The molecule has 5 nitrogen and oxygen atoms in total. The smallest absolute Gasteiger partial charge is 0.416 e. The van der Waals surface area contributed by atoms with Gasteiger partial charge in [0.05, 0.1) is 12.7 Å². The van der Waals surface area contributed by atoms with Gasteiger partial charge in [0.15, 0.2) is 0 Å². The Balaban J connectivity index is 0.000000324. The van der Waals surface area contributed by atoms with Crippen molar-refractivity contribution in [2.45, 2.75) is 31.9 Å². The first-order valence-electron chi connectivity index (χ1n) is 11.8. The van der Waals surface area contributed by atoms with E-state index in [1.807, 2.05) is 24.3 Å². The number of aliphatic hydroxyl groups is 1. The van der Waals surface area contributed by atoms with Crippen LogP contribution in [0.15, 0.2) is 78.5 Å². The molecule has 0 spiro atoms. The van der Waals surface area contributed by atoms with Crippen LogP contribution in [-0.4, -0.2) is 30.9 Å². The van der Waals surface area contributed by atoms with Gasteiger partial charge in [-0.25, -0.2) is 4.39 Å². The van der Waals surface area contributed by atoms with Crippen LogP contribution in [-0.2, 0) is 34.8 Å². The molecule has 10 heteroatoms. The number of nitrogens with one attached hydrogen (secondary N) is 2. The summed E-state index contributed by atoms with van der Waals surface area (Å²) in [7, 11) is 1.67. The van der Waals surface area contributed by atoms with Gasteiger partial charge >= 0.3 is 6.18 Å². The fraction of sp³-hybridized carbons (Fsp3) is 0.241. The third-order valence-electron chi connectivity index (χ3n) is 6.46. The van der Waals surface area contributed by atoms with Gasteiger partial charge in [-0.15, -0.1) is 0 Å². The van der Waals surface area contributed by atoms with Crippen molar-refractivity contribution in [3.63, 3.8) is 0 Å². The Morgan fingerprint density at radius 1 is 1.05 bits per heavy atom. The number of halogens is 4. The number of benzene rings is 3. The molecule has 1 unspecified atom stereocenters. The third kappa shape index (κ3) is 7.07. The number of nitrogens with zero attached hydrogens (tertiary/aromatic N) is 1. The second-order valence-corrected chi connectivity index (χ2v) is 8.90. The Morgan fingerprint density at radius 2 is 1.67 bits per heavy atom. The zero-order valence-corrected chi connectivity index (χ0v) is 22.6. The molecule has 1 aliphatic heterocycles. The first-order valence-corrected chi connectivity index (χ1v) is 11.8. The third-order valence-corrected chi connectivity index (χ3v) is 6.46. The largest absolute Gasteiger partial charge is 0.497 e. The maximum absolute atomic E-state index is 13.3. The first-order chi connectivity index (χ1) is 17.9. The second-order valence-electron chi connectivity index (χ2n) is 8.90. The van der Waals surface area contributed by atoms with E-state index in [1.54, 1.807) is 7.11 Å². The number of fused-ring (bicyclic) bond motifs is 1. The SMILES string of the molecule is CCN1/C(=C\C=N)C(C)(Cc2ccc(F)cc2)c2cc(OC)ccc21.N=C(O)c1ccc(C(F)(F)F)cc1.[Co]. The molecular formula is C29H29CoF4N3O2. The Bertz CT molecular complexity index is 1330. The molecule has 39 heavy (non-hydrogen) atoms. The molecule has 0 saturated carbocycles. The van der Waals surface area contributed by atoms with E-state index in [4.69, 9.17) is 20.7 Å². The van der Waals surface area contributed by atoms with E-state index in [0.29, 0.717) is 0 Å². The van der Waals surface area contributed by atoms with E-state index in [2.05, 4.69) is 30.9 Å². The summed E-state index contributed by atoms with van der Waals surface area (Å²) >= 11 is 0. The van der Waals surface area contributed by atoms with Gasteiger partial charge in [0.2, 0.25) is 5.90 Å². The molecule has 1 aliphatic rings. The molecule has 0 aromatic heterocycles. The van der Waals surface area contributed by atoms with Crippen LogP contribution >= 0.6 is 0 Å². The average Bonchev–Trinajstić information content (AvgIpc) is 3.12. The summed E-state index contributed by atoms with van der Waals surface area (Å²) in [6.07, 6.45) is -0.455. The van der Waals surface area contributed by atoms with Gasteiger partial charge in [-0.1, -0.05) is 12.1 Å². The predicted octanol–water partition coefficient (Wildman–Crippen LogP) is 7.29. The minimum atomic E-state index is -4.38.